The number of carbonyl (C=O) groups excluding carboxylic acids is 1. The molecule has 0 heterocycles. The molecule has 2 aliphatic carbocycles. The van der Waals surface area contributed by atoms with Gasteiger partial charge in [-0.15, -0.1) is 0 Å². The molecule has 18 heavy (non-hydrogen) atoms. The molecule has 3 unspecified atom stereocenters. The predicted molar refractivity (Wildman–Crippen MR) is 68.2 cm³/mol. The monoisotopic (exact) mass is 246 g/mol. The zero-order valence-corrected chi connectivity index (χ0v) is 10.6. The Labute approximate surface area is 107 Å². The number of fused-ring (bicyclic) bond motifs is 2. The Hall–Kier alpha value is -1.51. The van der Waals surface area contributed by atoms with Crippen molar-refractivity contribution in [1.82, 2.24) is 0 Å². The van der Waals surface area contributed by atoms with E-state index in [0.717, 1.165) is 18.6 Å². The van der Waals surface area contributed by atoms with Crippen LogP contribution in [0.25, 0.3) is 0 Å². The first-order valence-corrected chi connectivity index (χ1v) is 6.60. The van der Waals surface area contributed by atoms with Crippen LogP contribution in [0.4, 0.5) is 0 Å². The molecule has 3 rings (SSSR count). The average Bonchev–Trinajstić information content (AvgIpc) is 3.01. The fourth-order valence-electron chi connectivity index (χ4n) is 3.35. The Morgan fingerprint density at radius 1 is 1.28 bits per heavy atom. The van der Waals surface area contributed by atoms with Crippen molar-refractivity contribution in [1.29, 1.82) is 0 Å². The van der Waals surface area contributed by atoms with Gasteiger partial charge >= 0.3 is 0 Å². The third-order valence-electron chi connectivity index (χ3n) is 4.30. The van der Waals surface area contributed by atoms with Gasteiger partial charge in [0.05, 0.1) is 12.7 Å². The first-order chi connectivity index (χ1) is 8.80. The maximum absolute atomic E-state index is 11.1. The second-order valence-electron chi connectivity index (χ2n) is 5.35. The van der Waals surface area contributed by atoms with Crippen LogP contribution in [-0.2, 0) is 0 Å². The third kappa shape index (κ3) is 1.98. The summed E-state index contributed by atoms with van der Waals surface area (Å²) >= 11 is 0. The molecule has 3 atom stereocenters. The fourth-order valence-corrected chi connectivity index (χ4v) is 3.35. The Bertz CT molecular complexity index is 455. The van der Waals surface area contributed by atoms with Gasteiger partial charge in [-0.1, -0.05) is 0 Å². The minimum atomic E-state index is 0.302. The summed E-state index contributed by atoms with van der Waals surface area (Å²) in [4.78, 5) is 11.1. The lowest BCUT2D eigenvalue weighted by Crippen LogP contribution is -2.23. The van der Waals surface area contributed by atoms with Crippen LogP contribution >= 0.6 is 0 Å². The molecule has 96 valence electrons. The molecule has 2 saturated carbocycles. The highest BCUT2D eigenvalue weighted by Gasteiger charge is 2.41. The van der Waals surface area contributed by atoms with Gasteiger partial charge in [-0.05, 0) is 55.7 Å². The highest BCUT2D eigenvalue weighted by Crippen LogP contribution is 2.46. The van der Waals surface area contributed by atoms with Gasteiger partial charge < -0.3 is 9.47 Å². The van der Waals surface area contributed by atoms with Crippen molar-refractivity contribution >= 4 is 6.29 Å². The topological polar surface area (TPSA) is 35.5 Å². The molecular weight excluding hydrogens is 228 g/mol. The molecule has 3 heteroatoms. The number of hydrogen-bond acceptors (Lipinski definition) is 3. The van der Waals surface area contributed by atoms with Gasteiger partial charge in [0.15, 0.2) is 6.29 Å². The van der Waals surface area contributed by atoms with E-state index in [9.17, 15) is 4.79 Å². The first-order valence-electron chi connectivity index (χ1n) is 6.60. The van der Waals surface area contributed by atoms with E-state index >= 15 is 0 Å². The minimum Gasteiger partial charge on any atom is -0.497 e. The lowest BCUT2D eigenvalue weighted by atomic mass is 9.97. The molecule has 0 saturated heterocycles. The summed E-state index contributed by atoms with van der Waals surface area (Å²) in [5.41, 5.74) is 0.581. The van der Waals surface area contributed by atoms with E-state index < -0.39 is 0 Å². The predicted octanol–water partition coefficient (Wildman–Crippen LogP) is 3.08. The van der Waals surface area contributed by atoms with Crippen LogP contribution < -0.4 is 9.47 Å². The van der Waals surface area contributed by atoms with Crippen molar-refractivity contribution in [3.05, 3.63) is 23.8 Å². The van der Waals surface area contributed by atoms with E-state index in [-0.39, 0.29) is 0 Å². The Balaban J connectivity index is 1.78. The highest BCUT2D eigenvalue weighted by molar-refractivity contribution is 5.80. The molecule has 0 aliphatic heterocycles. The molecule has 2 fully saturated rings. The molecule has 1 aromatic rings. The molecule has 3 nitrogen and oxygen atoms in total. The van der Waals surface area contributed by atoms with Crippen LogP contribution in [0.15, 0.2) is 18.2 Å². The number of benzene rings is 1. The summed E-state index contributed by atoms with van der Waals surface area (Å²) in [5.74, 6) is 2.93. The molecule has 0 N–H and O–H groups in total. The smallest absolute Gasteiger partial charge is 0.153 e. The van der Waals surface area contributed by atoms with Crippen LogP contribution in [0.3, 0.4) is 0 Å². The van der Waals surface area contributed by atoms with Gasteiger partial charge in [0.2, 0.25) is 0 Å². The number of ether oxygens (including phenoxy) is 2. The standard InChI is InChI=1S/C15H18O3/c1-17-13-4-5-14(12(8-13)9-16)18-15-7-10-2-3-11(15)6-10/h4-5,8-11,15H,2-3,6-7H2,1H3. The lowest BCUT2D eigenvalue weighted by molar-refractivity contribution is 0.110. The van der Waals surface area contributed by atoms with Crippen molar-refractivity contribution in [3.8, 4) is 11.5 Å². The second kappa shape index (κ2) is 4.63. The minimum absolute atomic E-state index is 0.302. The third-order valence-corrected chi connectivity index (χ3v) is 4.30. The summed E-state index contributed by atoms with van der Waals surface area (Å²) in [6.45, 7) is 0. The van der Waals surface area contributed by atoms with Crippen molar-refractivity contribution in [2.75, 3.05) is 7.11 Å². The number of carbonyl (C=O) groups is 1. The van der Waals surface area contributed by atoms with Gasteiger partial charge in [-0.2, -0.15) is 0 Å². The van der Waals surface area contributed by atoms with Gasteiger partial charge in [-0.25, -0.2) is 0 Å². The average molecular weight is 246 g/mol. The zero-order valence-electron chi connectivity index (χ0n) is 10.6. The molecule has 0 amide bonds. The van der Waals surface area contributed by atoms with Crippen LogP contribution in [-0.4, -0.2) is 19.5 Å². The molecule has 1 aromatic carbocycles. The molecule has 2 aliphatic rings. The second-order valence-corrected chi connectivity index (χ2v) is 5.35. The first kappa shape index (κ1) is 11.6. The maximum Gasteiger partial charge on any atom is 0.153 e. The van der Waals surface area contributed by atoms with Crippen LogP contribution in [0.5, 0.6) is 11.5 Å². The van der Waals surface area contributed by atoms with Crippen molar-refractivity contribution in [2.45, 2.75) is 31.8 Å². The summed E-state index contributed by atoms with van der Waals surface area (Å²) in [5, 5.41) is 0. The molecule has 0 aromatic heterocycles. The zero-order chi connectivity index (χ0) is 12.5. The summed E-state index contributed by atoms with van der Waals surface area (Å²) in [6.07, 6.45) is 6.23. The normalized spacial score (nSPS) is 29.3. The van der Waals surface area contributed by atoms with E-state index in [1.807, 2.05) is 12.1 Å². The van der Waals surface area contributed by atoms with Crippen LogP contribution in [0.2, 0.25) is 0 Å². The summed E-state index contributed by atoms with van der Waals surface area (Å²) in [7, 11) is 1.60. The Kier molecular flexibility index (Phi) is 2.98. The molecule has 2 bridgehead atoms. The number of rotatable bonds is 4. The van der Waals surface area contributed by atoms with Crippen LogP contribution in [0, 0.1) is 11.8 Å². The van der Waals surface area contributed by atoms with Crippen molar-refractivity contribution in [2.24, 2.45) is 11.8 Å². The van der Waals surface area contributed by atoms with Crippen molar-refractivity contribution < 1.29 is 14.3 Å². The Morgan fingerprint density at radius 3 is 2.78 bits per heavy atom. The van der Waals surface area contributed by atoms with E-state index in [0.29, 0.717) is 29.1 Å². The molecule has 0 spiro atoms. The number of methoxy groups -OCH3 is 1. The summed E-state index contributed by atoms with van der Waals surface area (Å²) < 4.78 is 11.2. The van der Waals surface area contributed by atoms with E-state index in [2.05, 4.69) is 0 Å². The van der Waals surface area contributed by atoms with E-state index in [1.54, 1.807) is 13.2 Å². The van der Waals surface area contributed by atoms with Crippen molar-refractivity contribution in [3.63, 3.8) is 0 Å². The molecular formula is C15H18O3. The lowest BCUT2D eigenvalue weighted by Gasteiger charge is -2.23. The largest absolute Gasteiger partial charge is 0.497 e. The SMILES string of the molecule is COc1ccc(OC2CC3CCC2C3)c(C=O)c1. The van der Waals surface area contributed by atoms with E-state index in [1.165, 1.54) is 19.3 Å². The quantitative estimate of drug-likeness (QED) is 0.766. The van der Waals surface area contributed by atoms with Gasteiger partial charge in [0, 0.05) is 0 Å². The van der Waals surface area contributed by atoms with Crippen LogP contribution in [0.1, 0.15) is 36.0 Å². The van der Waals surface area contributed by atoms with Gasteiger partial charge in [0.1, 0.15) is 17.6 Å². The maximum atomic E-state index is 11.1. The van der Waals surface area contributed by atoms with Gasteiger partial charge in [-0.3, -0.25) is 4.79 Å². The fraction of sp³-hybridized carbons (Fsp3) is 0.533. The number of aldehydes is 1. The highest BCUT2D eigenvalue weighted by atomic mass is 16.5. The van der Waals surface area contributed by atoms with Gasteiger partial charge in [0.25, 0.3) is 0 Å². The Morgan fingerprint density at radius 2 is 2.17 bits per heavy atom. The van der Waals surface area contributed by atoms with E-state index in [4.69, 9.17) is 9.47 Å². The summed E-state index contributed by atoms with van der Waals surface area (Å²) in [6, 6.07) is 5.42. The molecule has 0 radical (unpaired) electrons. The number of hydrogen-bond donors (Lipinski definition) is 0.